The molecule has 8 nitrogen and oxygen atoms in total. The number of nitrogens with one attached hydrogen (secondary N) is 2. The van der Waals surface area contributed by atoms with Gasteiger partial charge < -0.3 is 20.1 Å². The quantitative estimate of drug-likeness (QED) is 0.567. The van der Waals surface area contributed by atoms with Crippen molar-refractivity contribution in [3.8, 4) is 11.5 Å². The molecule has 26 heavy (non-hydrogen) atoms. The van der Waals surface area contributed by atoms with E-state index in [0.717, 1.165) is 12.1 Å². The Bertz CT molecular complexity index is 813. The van der Waals surface area contributed by atoms with Gasteiger partial charge in [-0.15, -0.1) is 0 Å². The van der Waals surface area contributed by atoms with Gasteiger partial charge in [-0.2, -0.15) is 4.39 Å². The third-order valence-corrected chi connectivity index (χ3v) is 3.21. The molecule has 0 spiro atoms. The van der Waals surface area contributed by atoms with Crippen LogP contribution in [-0.4, -0.2) is 24.2 Å². The Balaban J connectivity index is 2.17. The number of nitrogens with zero attached hydrogens (tertiary/aromatic N) is 1. The highest BCUT2D eigenvalue weighted by Gasteiger charge is 2.16. The number of urea groups is 1. The molecule has 2 rings (SSSR count). The molecular formula is C17H18FN3O5. The van der Waals surface area contributed by atoms with Crippen molar-refractivity contribution in [3.63, 3.8) is 0 Å². The molecule has 2 N–H and O–H groups in total. The van der Waals surface area contributed by atoms with Gasteiger partial charge in [0.25, 0.3) is 0 Å². The monoisotopic (exact) mass is 363 g/mol. The van der Waals surface area contributed by atoms with Crippen molar-refractivity contribution in [2.75, 3.05) is 23.8 Å². The number of halogens is 1. The van der Waals surface area contributed by atoms with Crippen molar-refractivity contribution >= 4 is 23.1 Å². The lowest BCUT2D eigenvalue weighted by Crippen LogP contribution is -2.20. The van der Waals surface area contributed by atoms with Gasteiger partial charge in [-0.3, -0.25) is 10.1 Å². The number of hydrogen-bond donors (Lipinski definition) is 2. The Morgan fingerprint density at radius 3 is 2.50 bits per heavy atom. The lowest BCUT2D eigenvalue weighted by molar-refractivity contribution is -0.387. The van der Waals surface area contributed by atoms with Crippen LogP contribution in [0.25, 0.3) is 0 Å². The summed E-state index contributed by atoms with van der Waals surface area (Å²) in [7, 11) is 0. The molecule has 0 atom stereocenters. The number of nitro benzene ring substituents is 1. The molecule has 0 saturated heterocycles. The molecule has 0 unspecified atom stereocenters. The maximum Gasteiger partial charge on any atom is 0.323 e. The molecule has 138 valence electrons. The van der Waals surface area contributed by atoms with Crippen LogP contribution >= 0.6 is 0 Å². The highest BCUT2D eigenvalue weighted by atomic mass is 19.1. The van der Waals surface area contributed by atoms with Crippen LogP contribution in [0, 0.1) is 15.9 Å². The summed E-state index contributed by atoms with van der Waals surface area (Å²) in [6.45, 7) is 4.49. The van der Waals surface area contributed by atoms with Crippen LogP contribution in [0.2, 0.25) is 0 Å². The van der Waals surface area contributed by atoms with E-state index in [9.17, 15) is 19.3 Å². The summed E-state index contributed by atoms with van der Waals surface area (Å²) in [5, 5.41) is 15.8. The van der Waals surface area contributed by atoms with Crippen molar-refractivity contribution in [1.29, 1.82) is 0 Å². The van der Waals surface area contributed by atoms with E-state index < -0.39 is 22.5 Å². The molecule has 0 aliphatic heterocycles. The minimum atomic E-state index is -0.982. The molecule has 0 radical (unpaired) electrons. The average Bonchev–Trinajstić information content (AvgIpc) is 2.59. The van der Waals surface area contributed by atoms with E-state index in [1.807, 2.05) is 6.92 Å². The number of hydrogen-bond acceptors (Lipinski definition) is 5. The summed E-state index contributed by atoms with van der Waals surface area (Å²) in [5.74, 6) is 0.00358. The fourth-order valence-corrected chi connectivity index (χ4v) is 2.16. The second kappa shape index (κ2) is 8.65. The van der Waals surface area contributed by atoms with Crippen LogP contribution in [0.5, 0.6) is 11.5 Å². The third-order valence-electron chi connectivity index (χ3n) is 3.21. The van der Waals surface area contributed by atoms with Crippen LogP contribution in [0.15, 0.2) is 36.4 Å². The number of anilines is 2. The normalized spacial score (nSPS) is 10.1. The smallest absolute Gasteiger partial charge is 0.323 e. The average molecular weight is 363 g/mol. The van der Waals surface area contributed by atoms with Crippen molar-refractivity contribution in [2.45, 2.75) is 13.8 Å². The zero-order valence-electron chi connectivity index (χ0n) is 14.2. The minimum Gasteiger partial charge on any atom is -0.494 e. The van der Waals surface area contributed by atoms with E-state index in [0.29, 0.717) is 30.4 Å². The van der Waals surface area contributed by atoms with Crippen LogP contribution in [0.1, 0.15) is 13.8 Å². The SMILES string of the molecule is CCOc1ccc(OCC)c(NC(=O)Nc2ccc(F)c([N+](=O)[O-])c2)c1. The van der Waals surface area contributed by atoms with Crippen LogP contribution in [0.4, 0.5) is 26.2 Å². The summed E-state index contributed by atoms with van der Waals surface area (Å²) < 4.78 is 24.2. The number of carbonyl (C=O) groups is 1. The molecule has 0 aliphatic carbocycles. The molecule has 2 amide bonds. The number of nitro groups is 1. The molecule has 2 aromatic carbocycles. The molecule has 0 aromatic heterocycles. The maximum atomic E-state index is 13.4. The predicted molar refractivity (Wildman–Crippen MR) is 94.5 cm³/mol. The number of ether oxygens (including phenoxy) is 2. The zero-order valence-corrected chi connectivity index (χ0v) is 14.2. The second-order valence-electron chi connectivity index (χ2n) is 5.03. The standard InChI is InChI=1S/C17H18FN3O5/c1-3-25-12-6-8-16(26-4-2)14(10-12)20-17(22)19-11-5-7-13(18)15(9-11)21(23)24/h5-10H,3-4H2,1-2H3,(H2,19,20,22). The van der Waals surface area contributed by atoms with E-state index in [4.69, 9.17) is 9.47 Å². The zero-order chi connectivity index (χ0) is 19.1. The summed E-state index contributed by atoms with van der Waals surface area (Å²) in [5.41, 5.74) is -0.280. The first-order valence-corrected chi connectivity index (χ1v) is 7.86. The van der Waals surface area contributed by atoms with Gasteiger partial charge in [-0.1, -0.05) is 0 Å². The van der Waals surface area contributed by atoms with Crippen LogP contribution < -0.4 is 20.1 Å². The molecule has 0 heterocycles. The number of carbonyl (C=O) groups excluding carboxylic acids is 1. The van der Waals surface area contributed by atoms with Crippen molar-refractivity contribution in [2.24, 2.45) is 0 Å². The Hall–Kier alpha value is -3.36. The second-order valence-corrected chi connectivity index (χ2v) is 5.03. The third kappa shape index (κ3) is 4.82. The van der Waals surface area contributed by atoms with Crippen molar-refractivity contribution in [3.05, 3.63) is 52.3 Å². The molecule has 9 heteroatoms. The number of benzene rings is 2. The first kappa shape index (κ1) is 19.0. The Morgan fingerprint density at radius 1 is 1.12 bits per heavy atom. The van der Waals surface area contributed by atoms with Crippen LogP contribution in [-0.2, 0) is 0 Å². The predicted octanol–water partition coefficient (Wildman–Crippen LogP) is 4.18. The van der Waals surface area contributed by atoms with E-state index in [1.165, 1.54) is 6.07 Å². The van der Waals surface area contributed by atoms with Gasteiger partial charge >= 0.3 is 11.7 Å². The highest BCUT2D eigenvalue weighted by Crippen LogP contribution is 2.30. The molecule has 0 fully saturated rings. The fraction of sp³-hybridized carbons (Fsp3) is 0.235. The Labute approximate surface area is 149 Å². The Kier molecular flexibility index (Phi) is 6.31. The minimum absolute atomic E-state index is 0.0783. The molecule has 0 aliphatic rings. The van der Waals surface area contributed by atoms with E-state index in [1.54, 1.807) is 25.1 Å². The fourth-order valence-electron chi connectivity index (χ4n) is 2.16. The van der Waals surface area contributed by atoms with Gasteiger partial charge in [0.05, 0.1) is 23.8 Å². The summed E-state index contributed by atoms with van der Waals surface area (Å²) in [6, 6.07) is 7.38. The first-order chi connectivity index (χ1) is 12.4. The topological polar surface area (TPSA) is 103 Å². The van der Waals surface area contributed by atoms with E-state index in [-0.39, 0.29) is 5.69 Å². The van der Waals surface area contributed by atoms with Gasteiger partial charge in [-0.25, -0.2) is 4.79 Å². The largest absolute Gasteiger partial charge is 0.494 e. The number of rotatable bonds is 7. The molecular weight excluding hydrogens is 345 g/mol. The molecule has 0 bridgehead atoms. The maximum absolute atomic E-state index is 13.4. The summed E-state index contributed by atoms with van der Waals surface area (Å²) in [6.07, 6.45) is 0. The lowest BCUT2D eigenvalue weighted by Gasteiger charge is -2.14. The first-order valence-electron chi connectivity index (χ1n) is 7.86. The lowest BCUT2D eigenvalue weighted by atomic mass is 10.2. The Morgan fingerprint density at radius 2 is 1.85 bits per heavy atom. The van der Waals surface area contributed by atoms with Crippen molar-refractivity contribution in [1.82, 2.24) is 0 Å². The summed E-state index contributed by atoms with van der Waals surface area (Å²) >= 11 is 0. The molecule has 2 aromatic rings. The van der Waals surface area contributed by atoms with Crippen molar-refractivity contribution < 1.29 is 23.6 Å². The van der Waals surface area contributed by atoms with Crippen LogP contribution in [0.3, 0.4) is 0 Å². The van der Waals surface area contributed by atoms with Gasteiger partial charge in [0.1, 0.15) is 11.5 Å². The molecule has 0 saturated carbocycles. The number of amides is 2. The summed E-state index contributed by atoms with van der Waals surface area (Å²) in [4.78, 5) is 22.1. The van der Waals surface area contributed by atoms with Gasteiger partial charge in [0.2, 0.25) is 5.82 Å². The van der Waals surface area contributed by atoms with Gasteiger partial charge in [-0.05, 0) is 38.1 Å². The van der Waals surface area contributed by atoms with Gasteiger partial charge in [0, 0.05) is 17.8 Å². The highest BCUT2D eigenvalue weighted by molar-refractivity contribution is 6.01. The van der Waals surface area contributed by atoms with E-state index >= 15 is 0 Å². The van der Waals surface area contributed by atoms with E-state index in [2.05, 4.69) is 10.6 Å². The van der Waals surface area contributed by atoms with Gasteiger partial charge in [0.15, 0.2) is 0 Å².